The first-order valence-corrected chi connectivity index (χ1v) is 13.7. The van der Waals surface area contributed by atoms with E-state index >= 15 is 0 Å². The van der Waals surface area contributed by atoms with Crippen molar-refractivity contribution in [3.8, 4) is 5.75 Å². The highest BCUT2D eigenvalue weighted by atomic mass is 31.2. The van der Waals surface area contributed by atoms with E-state index < -0.39 is 20.4 Å². The molecule has 202 valence electrons. The van der Waals surface area contributed by atoms with E-state index in [1.807, 2.05) is 44.3 Å². The number of halogens is 2. The van der Waals surface area contributed by atoms with Crippen LogP contribution >= 0.6 is 7.82 Å². The van der Waals surface area contributed by atoms with Crippen LogP contribution in [0.25, 0.3) is 21.8 Å². The normalized spacial score (nSPS) is 12.4. The topological polar surface area (TPSA) is 128 Å². The van der Waals surface area contributed by atoms with E-state index in [1.165, 1.54) is 0 Å². The predicted octanol–water partition coefficient (Wildman–Crippen LogP) is 6.02. The maximum Gasteiger partial charge on any atom is 0.474 e. The molecule has 0 saturated carbocycles. The zero-order valence-corrected chi connectivity index (χ0v) is 22.0. The van der Waals surface area contributed by atoms with Gasteiger partial charge in [0.15, 0.2) is 5.82 Å². The summed E-state index contributed by atoms with van der Waals surface area (Å²) in [4.78, 5) is 26.1. The summed E-state index contributed by atoms with van der Waals surface area (Å²) in [5.41, 5.74) is 12.1. The van der Waals surface area contributed by atoms with Crippen LogP contribution < -0.4 is 10.5 Å². The number of hydrogen-bond acceptors (Lipinski definition) is 6. The fourth-order valence-electron chi connectivity index (χ4n) is 4.36. The van der Waals surface area contributed by atoms with E-state index in [-0.39, 0.29) is 19.4 Å². The Kier molecular flexibility index (Phi) is 8.28. The molecular formula is C27H30F2N3O5P. The number of alkyl halides is 2. The van der Waals surface area contributed by atoms with Gasteiger partial charge in [-0.2, -0.15) is 8.78 Å². The Morgan fingerprint density at radius 3 is 2.55 bits per heavy atom. The Hall–Kier alpha value is -3.17. The number of fused-ring (bicyclic) bond motifs is 3. The molecule has 2 aromatic heterocycles. The van der Waals surface area contributed by atoms with Crippen LogP contribution in [0.15, 0.2) is 48.7 Å². The van der Waals surface area contributed by atoms with Crippen LogP contribution in [-0.2, 0) is 21.9 Å². The van der Waals surface area contributed by atoms with Crippen LogP contribution in [0.1, 0.15) is 41.5 Å². The van der Waals surface area contributed by atoms with Crippen molar-refractivity contribution in [3.63, 3.8) is 0 Å². The molecule has 38 heavy (non-hydrogen) atoms. The van der Waals surface area contributed by atoms with E-state index in [2.05, 4.69) is 32.7 Å². The second-order valence-corrected chi connectivity index (χ2v) is 10.5. The first kappa shape index (κ1) is 27.9. The van der Waals surface area contributed by atoms with Crippen molar-refractivity contribution in [1.82, 2.24) is 9.97 Å². The highest BCUT2D eigenvalue weighted by molar-refractivity contribution is 7.46. The van der Waals surface area contributed by atoms with Crippen molar-refractivity contribution in [1.29, 1.82) is 0 Å². The minimum absolute atomic E-state index is 0.0134. The van der Waals surface area contributed by atoms with Crippen LogP contribution in [0.5, 0.6) is 5.75 Å². The number of rotatable bonds is 11. The van der Waals surface area contributed by atoms with Gasteiger partial charge in [-0.1, -0.05) is 18.2 Å². The van der Waals surface area contributed by atoms with Crippen molar-refractivity contribution < 1.29 is 32.4 Å². The average molecular weight is 546 g/mol. The molecule has 2 heterocycles. The number of nitrogens with zero attached hydrogens (tertiary/aromatic N) is 2. The van der Waals surface area contributed by atoms with E-state index in [0.717, 1.165) is 51.4 Å². The molecule has 0 bridgehead atoms. The molecule has 4 aromatic rings. The summed E-state index contributed by atoms with van der Waals surface area (Å²) in [6.45, 7) is 4.20. The molecule has 0 fully saturated rings. The number of ether oxygens (including phenoxy) is 1. The lowest BCUT2D eigenvalue weighted by atomic mass is 9.99. The van der Waals surface area contributed by atoms with Gasteiger partial charge in [0.05, 0.1) is 12.1 Å². The second-order valence-electron chi connectivity index (χ2n) is 9.37. The molecule has 4 rings (SSSR count). The monoisotopic (exact) mass is 545 g/mol. The Morgan fingerprint density at radius 1 is 1.03 bits per heavy atom. The number of anilines is 1. The lowest BCUT2D eigenvalue weighted by Gasteiger charge is -2.17. The number of aryl methyl sites for hydroxylation is 4. The number of phosphoric acid groups is 1. The third kappa shape index (κ3) is 7.23. The van der Waals surface area contributed by atoms with Gasteiger partial charge >= 0.3 is 13.9 Å². The van der Waals surface area contributed by atoms with Gasteiger partial charge < -0.3 is 20.3 Å². The van der Waals surface area contributed by atoms with E-state index in [4.69, 9.17) is 20.3 Å². The highest BCUT2D eigenvalue weighted by Gasteiger charge is 2.37. The van der Waals surface area contributed by atoms with Crippen LogP contribution in [0.4, 0.5) is 14.6 Å². The number of benzene rings is 2. The standard InChI is InChI=1S/C27H30F2N3O5P/c1-17-5-10-22-23-15-19(16-31-25(23)26(30)32-24(22)13-17)6-7-20-8-9-21(14-18(20)2)36-12-4-3-11-27(28,29)37-38(33,34)35/h5,8-10,13-16H,3-4,6-7,11-12H2,1-2H3,(H2,30,32)(H2,33,34,35). The minimum atomic E-state index is -5.24. The van der Waals surface area contributed by atoms with Crippen LogP contribution in [0.3, 0.4) is 0 Å². The molecule has 0 aliphatic carbocycles. The number of pyridine rings is 2. The Morgan fingerprint density at radius 2 is 1.82 bits per heavy atom. The third-order valence-electron chi connectivity index (χ3n) is 6.25. The number of phosphoric ester groups is 1. The fourth-order valence-corrected chi connectivity index (χ4v) is 4.80. The summed E-state index contributed by atoms with van der Waals surface area (Å²) >= 11 is 0. The van der Waals surface area contributed by atoms with E-state index in [9.17, 15) is 13.3 Å². The van der Waals surface area contributed by atoms with Gasteiger partial charge in [-0.25, -0.2) is 14.1 Å². The Labute approximate surface area is 219 Å². The molecule has 0 radical (unpaired) electrons. The summed E-state index contributed by atoms with van der Waals surface area (Å²) in [5, 5.41) is 2.00. The molecule has 8 nitrogen and oxygen atoms in total. The van der Waals surface area contributed by atoms with Crippen molar-refractivity contribution in [3.05, 3.63) is 70.9 Å². The quantitative estimate of drug-likeness (QED) is 0.119. The Balaban J connectivity index is 1.34. The van der Waals surface area contributed by atoms with Crippen LogP contribution in [0, 0.1) is 13.8 Å². The molecule has 0 unspecified atom stereocenters. The maximum atomic E-state index is 13.4. The lowest BCUT2D eigenvalue weighted by molar-refractivity contribution is -0.191. The molecule has 0 amide bonds. The van der Waals surface area contributed by atoms with Gasteiger partial charge in [0, 0.05) is 23.4 Å². The first-order chi connectivity index (χ1) is 17.9. The van der Waals surface area contributed by atoms with Crippen LogP contribution in [0.2, 0.25) is 0 Å². The van der Waals surface area contributed by atoms with Gasteiger partial charge in [0.2, 0.25) is 0 Å². The van der Waals surface area contributed by atoms with Gasteiger partial charge in [0.25, 0.3) is 0 Å². The van der Waals surface area contributed by atoms with Crippen molar-refractivity contribution in [2.45, 2.75) is 52.1 Å². The molecule has 11 heteroatoms. The van der Waals surface area contributed by atoms with Gasteiger partial charge in [-0.3, -0.25) is 4.98 Å². The summed E-state index contributed by atoms with van der Waals surface area (Å²) in [7, 11) is -5.24. The van der Waals surface area contributed by atoms with E-state index in [1.54, 1.807) is 0 Å². The highest BCUT2D eigenvalue weighted by Crippen LogP contribution is 2.44. The molecular weight excluding hydrogens is 515 g/mol. The third-order valence-corrected chi connectivity index (χ3v) is 6.76. The number of nitrogen functional groups attached to an aromatic ring is 1. The number of hydrogen-bond donors (Lipinski definition) is 3. The summed E-state index contributed by atoms with van der Waals surface area (Å²) in [5.74, 6) is 1.04. The number of aromatic nitrogens is 2. The average Bonchev–Trinajstić information content (AvgIpc) is 2.81. The van der Waals surface area contributed by atoms with E-state index in [0.29, 0.717) is 17.1 Å². The van der Waals surface area contributed by atoms with Gasteiger partial charge in [0.1, 0.15) is 11.3 Å². The molecule has 0 saturated heterocycles. The maximum absolute atomic E-state index is 13.4. The van der Waals surface area contributed by atoms with Crippen LogP contribution in [-0.4, -0.2) is 32.5 Å². The molecule has 0 atom stereocenters. The zero-order chi connectivity index (χ0) is 27.5. The summed E-state index contributed by atoms with van der Waals surface area (Å²) < 4.78 is 46.5. The van der Waals surface area contributed by atoms with Crippen molar-refractivity contribution in [2.75, 3.05) is 12.3 Å². The minimum Gasteiger partial charge on any atom is -0.494 e. The van der Waals surface area contributed by atoms with Crippen molar-refractivity contribution >= 4 is 35.4 Å². The summed E-state index contributed by atoms with van der Waals surface area (Å²) in [6.07, 6.45) is -1.00. The molecule has 0 aliphatic rings. The zero-order valence-electron chi connectivity index (χ0n) is 21.2. The fraction of sp³-hybridized carbons (Fsp3) is 0.333. The van der Waals surface area contributed by atoms with Gasteiger partial charge in [-0.15, -0.1) is 0 Å². The predicted molar refractivity (Wildman–Crippen MR) is 142 cm³/mol. The molecule has 0 aliphatic heterocycles. The SMILES string of the molecule is Cc1ccc2c(c1)nc(N)c1ncc(CCc3ccc(OCCCCC(F)(F)OP(=O)(O)O)cc3C)cc12. The lowest BCUT2D eigenvalue weighted by Crippen LogP contribution is -2.19. The molecule has 2 aromatic carbocycles. The largest absolute Gasteiger partial charge is 0.494 e. The molecule has 4 N–H and O–H groups in total. The molecule has 0 spiro atoms. The van der Waals surface area contributed by atoms with Gasteiger partial charge in [-0.05, 0) is 86.1 Å². The first-order valence-electron chi connectivity index (χ1n) is 12.2. The Bertz CT molecular complexity index is 1510. The summed E-state index contributed by atoms with van der Waals surface area (Å²) in [6, 6.07) is 14.0. The smallest absolute Gasteiger partial charge is 0.474 e. The van der Waals surface area contributed by atoms with Crippen molar-refractivity contribution in [2.24, 2.45) is 0 Å². The number of unbranched alkanes of at least 4 members (excludes halogenated alkanes) is 1. The second kappa shape index (κ2) is 11.3. The number of nitrogens with two attached hydrogens (primary N) is 1.